The van der Waals surface area contributed by atoms with Crippen molar-refractivity contribution in [1.29, 1.82) is 0 Å². The van der Waals surface area contributed by atoms with E-state index in [0.29, 0.717) is 13.2 Å². The summed E-state index contributed by atoms with van der Waals surface area (Å²) in [6.45, 7) is 7.20. The van der Waals surface area contributed by atoms with Crippen LogP contribution >= 0.6 is 0 Å². The molecule has 0 bridgehead atoms. The summed E-state index contributed by atoms with van der Waals surface area (Å²) in [7, 11) is 1.94. The summed E-state index contributed by atoms with van der Waals surface area (Å²) in [5.41, 5.74) is 2.32. The van der Waals surface area contributed by atoms with Gasteiger partial charge in [-0.25, -0.2) is 0 Å². The van der Waals surface area contributed by atoms with Gasteiger partial charge in [-0.2, -0.15) is 0 Å². The Bertz CT molecular complexity index is 655. The van der Waals surface area contributed by atoms with Crippen molar-refractivity contribution in [3.63, 3.8) is 0 Å². The number of amides is 1. The van der Waals surface area contributed by atoms with Gasteiger partial charge < -0.3 is 10.1 Å². The first kappa shape index (κ1) is 19.0. The van der Waals surface area contributed by atoms with Crippen LogP contribution in [-0.4, -0.2) is 37.0 Å². The minimum absolute atomic E-state index is 0.00615. The highest BCUT2D eigenvalue weighted by Crippen LogP contribution is 2.13. The van der Waals surface area contributed by atoms with Crippen LogP contribution in [0, 0.1) is 6.92 Å². The standard InChI is InChI=1S/C21H28N2O2/c1-16-10-12-20(13-11-16)25-15-14-23(4)18(3)21(24)22-17(2)19-8-6-5-7-9-19/h5-13,17-18H,14-15H2,1-4H3,(H,22,24)/t17-,18-/m0/s1. The van der Waals surface area contributed by atoms with Gasteiger partial charge in [-0.15, -0.1) is 0 Å². The first-order valence-corrected chi connectivity index (χ1v) is 8.72. The van der Waals surface area contributed by atoms with Crippen molar-refractivity contribution in [3.8, 4) is 5.75 Å². The molecule has 2 rings (SSSR count). The highest BCUT2D eigenvalue weighted by atomic mass is 16.5. The molecule has 4 heteroatoms. The smallest absolute Gasteiger partial charge is 0.237 e. The maximum absolute atomic E-state index is 12.4. The Hall–Kier alpha value is -2.33. The SMILES string of the molecule is Cc1ccc(OCCN(C)[C@@H](C)C(=O)N[C@@H](C)c2ccccc2)cc1. The second-order valence-corrected chi connectivity index (χ2v) is 6.46. The summed E-state index contributed by atoms with van der Waals surface area (Å²) in [6, 6.07) is 17.7. The van der Waals surface area contributed by atoms with Crippen molar-refractivity contribution >= 4 is 5.91 Å². The summed E-state index contributed by atoms with van der Waals surface area (Å²) in [6.07, 6.45) is 0. The summed E-state index contributed by atoms with van der Waals surface area (Å²) in [5, 5.41) is 3.07. The molecule has 25 heavy (non-hydrogen) atoms. The number of ether oxygens (including phenoxy) is 1. The molecule has 1 amide bonds. The van der Waals surface area contributed by atoms with E-state index in [2.05, 4.69) is 5.32 Å². The second-order valence-electron chi connectivity index (χ2n) is 6.46. The molecule has 0 heterocycles. The van der Waals surface area contributed by atoms with Crippen LogP contribution in [0.5, 0.6) is 5.75 Å². The van der Waals surface area contributed by atoms with Crippen LogP contribution < -0.4 is 10.1 Å². The van der Waals surface area contributed by atoms with Crippen LogP contribution in [0.25, 0.3) is 0 Å². The number of rotatable bonds is 8. The fourth-order valence-corrected chi connectivity index (χ4v) is 2.49. The van der Waals surface area contributed by atoms with E-state index < -0.39 is 0 Å². The molecule has 0 radical (unpaired) electrons. The van der Waals surface area contributed by atoms with Gasteiger partial charge in [0.1, 0.15) is 12.4 Å². The topological polar surface area (TPSA) is 41.6 Å². The van der Waals surface area contributed by atoms with Gasteiger partial charge in [-0.1, -0.05) is 48.0 Å². The van der Waals surface area contributed by atoms with Crippen molar-refractivity contribution in [2.45, 2.75) is 32.9 Å². The Balaban J connectivity index is 1.77. The molecule has 4 nitrogen and oxygen atoms in total. The van der Waals surface area contributed by atoms with Gasteiger partial charge in [0.15, 0.2) is 0 Å². The van der Waals surface area contributed by atoms with E-state index in [1.807, 2.05) is 87.3 Å². The van der Waals surface area contributed by atoms with E-state index in [4.69, 9.17) is 4.74 Å². The maximum atomic E-state index is 12.4. The molecule has 0 aliphatic heterocycles. The Kier molecular flexibility index (Phi) is 7.02. The third-order valence-electron chi connectivity index (χ3n) is 4.43. The molecule has 0 aliphatic carbocycles. The van der Waals surface area contributed by atoms with Crippen LogP contribution in [0.3, 0.4) is 0 Å². The Morgan fingerprint density at radius 1 is 1.08 bits per heavy atom. The first-order chi connectivity index (χ1) is 12.0. The molecule has 0 saturated heterocycles. The van der Waals surface area contributed by atoms with Gasteiger partial charge in [0.25, 0.3) is 0 Å². The van der Waals surface area contributed by atoms with E-state index in [1.54, 1.807) is 0 Å². The van der Waals surface area contributed by atoms with Crippen LogP contribution in [0.1, 0.15) is 31.0 Å². The highest BCUT2D eigenvalue weighted by molar-refractivity contribution is 5.81. The van der Waals surface area contributed by atoms with Crippen LogP contribution in [0.15, 0.2) is 54.6 Å². The minimum atomic E-state index is -0.215. The molecule has 2 aromatic rings. The van der Waals surface area contributed by atoms with E-state index in [-0.39, 0.29) is 18.0 Å². The highest BCUT2D eigenvalue weighted by Gasteiger charge is 2.19. The van der Waals surface area contributed by atoms with Gasteiger partial charge in [0.2, 0.25) is 5.91 Å². The number of aryl methyl sites for hydroxylation is 1. The van der Waals surface area contributed by atoms with Crippen molar-refractivity contribution in [1.82, 2.24) is 10.2 Å². The predicted molar refractivity (Wildman–Crippen MR) is 102 cm³/mol. The number of nitrogens with zero attached hydrogens (tertiary/aromatic N) is 1. The lowest BCUT2D eigenvalue weighted by Crippen LogP contribution is -2.45. The van der Waals surface area contributed by atoms with Gasteiger partial charge in [0.05, 0.1) is 12.1 Å². The second kappa shape index (κ2) is 9.23. The Labute approximate surface area is 150 Å². The van der Waals surface area contributed by atoms with Gasteiger partial charge in [-0.05, 0) is 45.5 Å². The zero-order valence-corrected chi connectivity index (χ0v) is 15.5. The molecule has 0 spiro atoms. The quantitative estimate of drug-likeness (QED) is 0.799. The number of nitrogens with one attached hydrogen (secondary N) is 1. The normalized spacial score (nSPS) is 13.3. The lowest BCUT2D eigenvalue weighted by Gasteiger charge is -2.25. The van der Waals surface area contributed by atoms with Gasteiger partial charge >= 0.3 is 0 Å². The molecular weight excluding hydrogens is 312 g/mol. The van der Waals surface area contributed by atoms with Crippen LogP contribution in [0.4, 0.5) is 0 Å². The lowest BCUT2D eigenvalue weighted by molar-refractivity contribution is -0.126. The van der Waals surface area contributed by atoms with Crippen molar-refractivity contribution in [2.75, 3.05) is 20.2 Å². The summed E-state index contributed by atoms with van der Waals surface area (Å²) in [5.74, 6) is 0.878. The van der Waals surface area contributed by atoms with E-state index >= 15 is 0 Å². The molecule has 2 atom stereocenters. The molecule has 134 valence electrons. The van der Waals surface area contributed by atoms with Crippen molar-refractivity contribution < 1.29 is 9.53 Å². The molecule has 0 saturated carbocycles. The van der Waals surface area contributed by atoms with E-state index in [9.17, 15) is 4.79 Å². The van der Waals surface area contributed by atoms with Crippen molar-refractivity contribution in [3.05, 3.63) is 65.7 Å². The average Bonchev–Trinajstić information content (AvgIpc) is 2.63. The Morgan fingerprint density at radius 3 is 2.36 bits per heavy atom. The number of carbonyl (C=O) groups is 1. The minimum Gasteiger partial charge on any atom is -0.492 e. The monoisotopic (exact) mass is 340 g/mol. The number of carbonyl (C=O) groups excluding carboxylic acids is 1. The first-order valence-electron chi connectivity index (χ1n) is 8.72. The molecule has 0 fully saturated rings. The van der Waals surface area contributed by atoms with Crippen LogP contribution in [0.2, 0.25) is 0 Å². The van der Waals surface area contributed by atoms with Gasteiger partial charge in [0, 0.05) is 6.54 Å². The zero-order chi connectivity index (χ0) is 18.2. The fraction of sp³-hybridized carbons (Fsp3) is 0.381. The predicted octanol–water partition coefficient (Wildman–Crippen LogP) is 3.57. The summed E-state index contributed by atoms with van der Waals surface area (Å²) >= 11 is 0. The largest absolute Gasteiger partial charge is 0.492 e. The zero-order valence-electron chi connectivity index (χ0n) is 15.5. The number of benzene rings is 2. The lowest BCUT2D eigenvalue weighted by atomic mass is 10.1. The van der Waals surface area contributed by atoms with E-state index in [1.165, 1.54) is 5.56 Å². The number of likely N-dealkylation sites (N-methyl/N-ethyl adjacent to an activating group) is 1. The third-order valence-corrected chi connectivity index (χ3v) is 4.43. The molecule has 0 aliphatic rings. The Morgan fingerprint density at radius 2 is 1.72 bits per heavy atom. The number of hydrogen-bond donors (Lipinski definition) is 1. The fourth-order valence-electron chi connectivity index (χ4n) is 2.49. The molecule has 0 aromatic heterocycles. The molecule has 2 aromatic carbocycles. The average molecular weight is 340 g/mol. The van der Waals surface area contributed by atoms with Crippen LogP contribution in [-0.2, 0) is 4.79 Å². The summed E-state index contributed by atoms with van der Waals surface area (Å²) < 4.78 is 5.74. The maximum Gasteiger partial charge on any atom is 0.237 e. The molecule has 0 unspecified atom stereocenters. The third kappa shape index (κ3) is 5.91. The van der Waals surface area contributed by atoms with Gasteiger partial charge in [-0.3, -0.25) is 9.69 Å². The number of hydrogen-bond acceptors (Lipinski definition) is 3. The summed E-state index contributed by atoms with van der Waals surface area (Å²) in [4.78, 5) is 14.4. The van der Waals surface area contributed by atoms with E-state index in [0.717, 1.165) is 11.3 Å². The molecule has 1 N–H and O–H groups in total. The molecular formula is C21H28N2O2. The van der Waals surface area contributed by atoms with Crippen molar-refractivity contribution in [2.24, 2.45) is 0 Å².